The Hall–Kier alpha value is -2.42. The van der Waals surface area contributed by atoms with Crippen LogP contribution in [0.3, 0.4) is 0 Å². The van der Waals surface area contributed by atoms with Crippen LogP contribution in [0.4, 0.5) is 0 Å². The van der Waals surface area contributed by atoms with Crippen LogP contribution in [-0.2, 0) is 22.6 Å². The lowest BCUT2D eigenvalue weighted by molar-refractivity contribution is -0.121. The molecule has 1 amide bonds. The smallest absolute Gasteiger partial charge is 0.234 e. The average Bonchev–Trinajstić information content (AvgIpc) is 3.19. The average molecular weight is 474 g/mol. The van der Waals surface area contributed by atoms with Gasteiger partial charge in [0.25, 0.3) is 0 Å². The fourth-order valence-electron chi connectivity index (χ4n) is 3.18. The van der Waals surface area contributed by atoms with Crippen molar-refractivity contribution in [2.45, 2.75) is 43.8 Å². The number of methoxy groups -OCH3 is 1. The fraction of sp³-hybridized carbons (Fsp3) is 0.391. The molecule has 0 spiro atoms. The topological polar surface area (TPSA) is 81.9 Å². The summed E-state index contributed by atoms with van der Waals surface area (Å²) in [5.41, 5.74) is 1.77. The highest BCUT2D eigenvalue weighted by Crippen LogP contribution is 2.33. The molecule has 2 aromatic heterocycles. The second kappa shape index (κ2) is 12.0. The predicted molar refractivity (Wildman–Crippen MR) is 128 cm³/mol. The molecule has 0 saturated heterocycles. The Morgan fingerprint density at radius 1 is 1.22 bits per heavy atom. The van der Waals surface area contributed by atoms with E-state index in [9.17, 15) is 4.79 Å². The Kier molecular flexibility index (Phi) is 9.08. The minimum Gasteiger partial charge on any atom is -0.385 e. The number of ether oxygens (including phenoxy) is 1. The van der Waals surface area contributed by atoms with Crippen LogP contribution in [0.5, 0.6) is 0 Å². The molecular weight excluding hydrogens is 446 g/mol. The van der Waals surface area contributed by atoms with E-state index in [1.165, 1.54) is 11.8 Å². The summed E-state index contributed by atoms with van der Waals surface area (Å²) in [5.74, 6) is 0.744. The van der Waals surface area contributed by atoms with E-state index in [2.05, 4.69) is 20.5 Å². The molecule has 7 nitrogen and oxygen atoms in total. The number of benzene rings is 1. The highest BCUT2D eigenvalue weighted by atomic mass is 35.5. The summed E-state index contributed by atoms with van der Waals surface area (Å²) in [6, 6.07) is 11.4. The predicted octanol–water partition coefficient (Wildman–Crippen LogP) is 4.46. The number of aromatic nitrogens is 4. The normalized spacial score (nSPS) is 12.2. The van der Waals surface area contributed by atoms with Gasteiger partial charge in [-0.25, -0.2) is 0 Å². The van der Waals surface area contributed by atoms with Gasteiger partial charge in [-0.2, -0.15) is 0 Å². The van der Waals surface area contributed by atoms with Crippen LogP contribution in [0.1, 0.15) is 25.8 Å². The molecule has 0 fully saturated rings. The Morgan fingerprint density at radius 3 is 2.72 bits per heavy atom. The molecule has 0 saturated carbocycles. The maximum atomic E-state index is 13.0. The molecule has 3 aromatic rings. The van der Waals surface area contributed by atoms with Gasteiger partial charge in [-0.1, -0.05) is 55.4 Å². The van der Waals surface area contributed by atoms with Gasteiger partial charge >= 0.3 is 0 Å². The first-order valence-corrected chi connectivity index (χ1v) is 11.8. The van der Waals surface area contributed by atoms with Crippen LogP contribution in [0, 0.1) is 5.92 Å². The summed E-state index contributed by atoms with van der Waals surface area (Å²) in [6.07, 6.45) is 4.25. The Bertz CT molecular complexity index is 1010. The number of carbonyl (C=O) groups is 1. The number of hydrogen-bond acceptors (Lipinski definition) is 6. The molecule has 9 heteroatoms. The molecule has 0 aliphatic carbocycles. The van der Waals surface area contributed by atoms with Gasteiger partial charge < -0.3 is 14.6 Å². The molecule has 32 heavy (non-hydrogen) atoms. The third-order valence-corrected chi connectivity index (χ3v) is 6.70. The third kappa shape index (κ3) is 6.31. The quantitative estimate of drug-likeness (QED) is 0.327. The first kappa shape index (κ1) is 24.2. The summed E-state index contributed by atoms with van der Waals surface area (Å²) in [6.45, 7) is 5.76. The lowest BCUT2D eigenvalue weighted by Crippen LogP contribution is -2.35. The third-order valence-electron chi connectivity index (χ3n) is 4.85. The van der Waals surface area contributed by atoms with Crippen molar-refractivity contribution < 1.29 is 9.53 Å². The van der Waals surface area contributed by atoms with Crippen LogP contribution in [-0.4, -0.2) is 44.6 Å². The summed E-state index contributed by atoms with van der Waals surface area (Å²) < 4.78 is 7.25. The molecule has 1 N–H and O–H groups in total. The van der Waals surface area contributed by atoms with Crippen LogP contribution in [0.2, 0.25) is 5.02 Å². The largest absolute Gasteiger partial charge is 0.385 e. The van der Waals surface area contributed by atoms with Crippen LogP contribution >= 0.6 is 23.4 Å². The molecule has 3 rings (SSSR count). The van der Waals surface area contributed by atoms with Crippen LogP contribution < -0.4 is 5.32 Å². The molecular formula is C23H28ClN5O2S. The summed E-state index contributed by atoms with van der Waals surface area (Å²) in [4.78, 5) is 17.1. The van der Waals surface area contributed by atoms with Gasteiger partial charge in [0.05, 0.1) is 10.3 Å². The van der Waals surface area contributed by atoms with Gasteiger partial charge in [0.15, 0.2) is 11.0 Å². The minimum atomic E-state index is -0.323. The molecule has 0 radical (unpaired) electrons. The standard InChI is InChI=1S/C23H28ClN5O2S/c1-16(2)20(22(30)26-15-17-8-6-11-25-14-17)32-23-28-27-21(29(23)12-7-13-31-3)18-9-4-5-10-19(18)24/h4-6,8-11,14,16,20H,7,12-13,15H2,1-3H3,(H,26,30). The Morgan fingerprint density at radius 2 is 2.03 bits per heavy atom. The second-order valence-electron chi connectivity index (χ2n) is 7.65. The molecule has 1 unspecified atom stereocenters. The molecule has 1 aromatic carbocycles. The summed E-state index contributed by atoms with van der Waals surface area (Å²) in [7, 11) is 1.68. The van der Waals surface area contributed by atoms with Crippen molar-refractivity contribution in [3.63, 3.8) is 0 Å². The van der Waals surface area contributed by atoms with E-state index >= 15 is 0 Å². The molecule has 170 valence electrons. The highest BCUT2D eigenvalue weighted by Gasteiger charge is 2.27. The monoisotopic (exact) mass is 473 g/mol. The molecule has 0 aliphatic heterocycles. The van der Waals surface area contributed by atoms with Crippen LogP contribution in [0.15, 0.2) is 53.9 Å². The van der Waals surface area contributed by atoms with E-state index in [1.807, 2.05) is 54.8 Å². The van der Waals surface area contributed by atoms with E-state index < -0.39 is 0 Å². The van der Waals surface area contributed by atoms with E-state index in [-0.39, 0.29) is 17.1 Å². The minimum absolute atomic E-state index is 0.0420. The van der Waals surface area contributed by atoms with Gasteiger partial charge in [0.2, 0.25) is 5.91 Å². The van der Waals surface area contributed by atoms with Crippen molar-refractivity contribution in [1.29, 1.82) is 0 Å². The SMILES string of the molecule is COCCCn1c(SC(C(=O)NCc2cccnc2)C(C)C)nnc1-c1ccccc1Cl. The van der Waals surface area contributed by atoms with Crippen LogP contribution in [0.25, 0.3) is 11.4 Å². The summed E-state index contributed by atoms with van der Waals surface area (Å²) in [5, 5.41) is 12.8. The number of amides is 1. The van der Waals surface area contributed by atoms with Crippen molar-refractivity contribution in [3.05, 3.63) is 59.4 Å². The van der Waals surface area contributed by atoms with Gasteiger partial charge in [-0.05, 0) is 36.1 Å². The van der Waals surface area contributed by atoms with Gasteiger partial charge in [-0.15, -0.1) is 10.2 Å². The van der Waals surface area contributed by atoms with Gasteiger partial charge in [0, 0.05) is 44.8 Å². The summed E-state index contributed by atoms with van der Waals surface area (Å²) >= 11 is 7.85. The number of hydrogen-bond donors (Lipinski definition) is 1. The van der Waals surface area contributed by atoms with E-state index in [0.29, 0.717) is 35.7 Å². The fourth-order valence-corrected chi connectivity index (χ4v) is 4.49. The van der Waals surface area contributed by atoms with E-state index in [0.717, 1.165) is 17.5 Å². The highest BCUT2D eigenvalue weighted by molar-refractivity contribution is 8.00. The van der Waals surface area contributed by atoms with Crippen molar-refractivity contribution >= 4 is 29.3 Å². The van der Waals surface area contributed by atoms with E-state index in [1.54, 1.807) is 19.5 Å². The molecule has 1 atom stereocenters. The van der Waals surface area contributed by atoms with Gasteiger partial charge in [-0.3, -0.25) is 9.78 Å². The number of pyridine rings is 1. The zero-order valence-electron chi connectivity index (χ0n) is 18.5. The Labute approximate surface area is 197 Å². The zero-order chi connectivity index (χ0) is 22.9. The second-order valence-corrected chi connectivity index (χ2v) is 9.16. The van der Waals surface area contributed by atoms with Crippen molar-refractivity contribution in [1.82, 2.24) is 25.1 Å². The lowest BCUT2D eigenvalue weighted by Gasteiger charge is -2.20. The molecule has 0 aliphatic rings. The van der Waals surface area contributed by atoms with Crippen molar-refractivity contribution in [2.24, 2.45) is 5.92 Å². The maximum absolute atomic E-state index is 13.0. The first-order valence-electron chi connectivity index (χ1n) is 10.5. The van der Waals surface area contributed by atoms with Crippen molar-refractivity contribution in [2.75, 3.05) is 13.7 Å². The maximum Gasteiger partial charge on any atom is 0.234 e. The number of rotatable bonds is 11. The molecule has 2 heterocycles. The molecule has 0 bridgehead atoms. The number of nitrogens with one attached hydrogen (secondary N) is 1. The number of nitrogens with zero attached hydrogens (tertiary/aromatic N) is 4. The Balaban J connectivity index is 1.82. The number of carbonyl (C=O) groups excluding carboxylic acids is 1. The first-order chi connectivity index (χ1) is 15.5. The van der Waals surface area contributed by atoms with E-state index in [4.69, 9.17) is 16.3 Å². The lowest BCUT2D eigenvalue weighted by atomic mass is 10.1. The zero-order valence-corrected chi connectivity index (χ0v) is 20.1. The number of halogens is 1. The number of thioether (sulfide) groups is 1. The van der Waals surface area contributed by atoms with Gasteiger partial charge in [0.1, 0.15) is 0 Å². The van der Waals surface area contributed by atoms with Crippen molar-refractivity contribution in [3.8, 4) is 11.4 Å².